The number of likely N-dealkylation sites (tertiary alicyclic amines) is 1. The second kappa shape index (κ2) is 7.32. The summed E-state index contributed by atoms with van der Waals surface area (Å²) >= 11 is 0. The molecular weight excluding hydrogens is 324 g/mol. The average molecular weight is 348 g/mol. The molecule has 1 atom stereocenters. The summed E-state index contributed by atoms with van der Waals surface area (Å²) in [7, 11) is 0. The van der Waals surface area contributed by atoms with Crippen molar-refractivity contribution in [3.8, 4) is 0 Å². The van der Waals surface area contributed by atoms with Crippen molar-refractivity contribution in [2.24, 2.45) is 0 Å². The molecule has 2 aromatic carbocycles. The number of rotatable bonds is 5. The molecule has 134 valence electrons. The lowest BCUT2D eigenvalue weighted by Crippen LogP contribution is -2.41. The Hall–Kier alpha value is -2.62. The summed E-state index contributed by atoms with van der Waals surface area (Å²) in [5, 5.41) is 2.93. The molecule has 1 aliphatic heterocycles. The number of nitrogens with zero attached hydrogens (tertiary/aromatic N) is 1. The van der Waals surface area contributed by atoms with E-state index in [2.05, 4.69) is 17.4 Å². The SMILES string of the molecule is O=C(Cc1ccc2c(c1)CCC2)NC1CCN(Cc2ccccc2)C1=O. The van der Waals surface area contributed by atoms with Crippen LogP contribution in [0.2, 0.25) is 0 Å². The first-order valence-corrected chi connectivity index (χ1v) is 9.42. The van der Waals surface area contributed by atoms with Gasteiger partial charge in [0.15, 0.2) is 0 Å². The van der Waals surface area contributed by atoms with Gasteiger partial charge in [-0.25, -0.2) is 0 Å². The maximum Gasteiger partial charge on any atom is 0.245 e. The topological polar surface area (TPSA) is 49.4 Å². The van der Waals surface area contributed by atoms with Crippen LogP contribution in [0.3, 0.4) is 0 Å². The van der Waals surface area contributed by atoms with Crippen LogP contribution in [0, 0.1) is 0 Å². The molecule has 26 heavy (non-hydrogen) atoms. The molecule has 4 heteroatoms. The monoisotopic (exact) mass is 348 g/mol. The molecule has 4 nitrogen and oxygen atoms in total. The molecule has 1 aliphatic carbocycles. The van der Waals surface area contributed by atoms with Crippen molar-refractivity contribution < 1.29 is 9.59 Å². The number of aryl methyl sites for hydroxylation is 2. The first kappa shape index (κ1) is 16.8. The van der Waals surface area contributed by atoms with Crippen molar-refractivity contribution in [1.82, 2.24) is 10.2 Å². The number of carbonyl (C=O) groups excluding carboxylic acids is 2. The lowest BCUT2D eigenvalue weighted by Gasteiger charge is -2.17. The van der Waals surface area contributed by atoms with Crippen molar-refractivity contribution in [1.29, 1.82) is 0 Å². The fourth-order valence-electron chi connectivity index (χ4n) is 4.00. The smallest absolute Gasteiger partial charge is 0.245 e. The standard InChI is InChI=1S/C22H24N2O2/c25-21(14-17-9-10-18-7-4-8-19(18)13-17)23-20-11-12-24(22(20)26)15-16-5-2-1-3-6-16/h1-3,5-6,9-10,13,20H,4,7-8,11-12,14-15H2,(H,23,25). The van der Waals surface area contributed by atoms with Gasteiger partial charge >= 0.3 is 0 Å². The van der Waals surface area contributed by atoms with Crippen LogP contribution < -0.4 is 5.32 Å². The lowest BCUT2D eigenvalue weighted by molar-refractivity contribution is -0.132. The first-order chi connectivity index (χ1) is 12.7. The van der Waals surface area contributed by atoms with Crippen LogP contribution in [0.25, 0.3) is 0 Å². The Kier molecular flexibility index (Phi) is 4.74. The Morgan fingerprint density at radius 2 is 1.85 bits per heavy atom. The fraction of sp³-hybridized carbons (Fsp3) is 0.364. The Labute approximate surface area is 154 Å². The van der Waals surface area contributed by atoms with E-state index in [-0.39, 0.29) is 17.9 Å². The number of amides is 2. The van der Waals surface area contributed by atoms with Crippen molar-refractivity contribution >= 4 is 11.8 Å². The highest BCUT2D eigenvalue weighted by atomic mass is 16.2. The van der Waals surface area contributed by atoms with Crippen LogP contribution in [0.15, 0.2) is 48.5 Å². The fourth-order valence-corrected chi connectivity index (χ4v) is 4.00. The largest absolute Gasteiger partial charge is 0.344 e. The number of fused-ring (bicyclic) bond motifs is 1. The molecule has 1 unspecified atom stereocenters. The molecule has 2 aromatic rings. The summed E-state index contributed by atoms with van der Waals surface area (Å²) in [5.74, 6) is -0.0426. The van der Waals surface area contributed by atoms with E-state index in [1.54, 1.807) is 0 Å². The zero-order valence-corrected chi connectivity index (χ0v) is 14.9. The van der Waals surface area contributed by atoms with E-state index in [9.17, 15) is 9.59 Å². The highest BCUT2D eigenvalue weighted by Gasteiger charge is 2.32. The van der Waals surface area contributed by atoms with E-state index in [0.29, 0.717) is 25.9 Å². The predicted octanol–water partition coefficient (Wildman–Crippen LogP) is 2.64. The Morgan fingerprint density at radius 1 is 1.04 bits per heavy atom. The summed E-state index contributed by atoms with van der Waals surface area (Å²) < 4.78 is 0. The van der Waals surface area contributed by atoms with E-state index in [1.807, 2.05) is 41.3 Å². The maximum absolute atomic E-state index is 12.6. The molecule has 1 N–H and O–H groups in total. The van der Waals surface area contributed by atoms with Crippen molar-refractivity contribution in [2.45, 2.75) is 44.7 Å². The molecule has 0 aromatic heterocycles. The summed E-state index contributed by atoms with van der Waals surface area (Å²) in [6.45, 7) is 1.30. The molecule has 1 fully saturated rings. The van der Waals surface area contributed by atoms with Gasteiger partial charge in [-0.15, -0.1) is 0 Å². The van der Waals surface area contributed by atoms with Gasteiger partial charge in [-0.1, -0.05) is 48.5 Å². The Bertz CT molecular complexity index is 816. The van der Waals surface area contributed by atoms with E-state index >= 15 is 0 Å². The molecule has 0 radical (unpaired) electrons. The molecule has 2 aliphatic rings. The summed E-state index contributed by atoms with van der Waals surface area (Å²) in [6, 6.07) is 15.9. The van der Waals surface area contributed by atoms with Gasteiger partial charge in [0.25, 0.3) is 0 Å². The molecule has 1 saturated heterocycles. The second-order valence-electron chi connectivity index (χ2n) is 7.29. The van der Waals surface area contributed by atoms with Crippen LogP contribution in [-0.4, -0.2) is 29.3 Å². The van der Waals surface area contributed by atoms with Gasteiger partial charge in [-0.05, 0) is 47.9 Å². The highest BCUT2D eigenvalue weighted by Crippen LogP contribution is 2.23. The zero-order valence-electron chi connectivity index (χ0n) is 14.9. The van der Waals surface area contributed by atoms with Gasteiger partial charge in [0, 0.05) is 13.1 Å². The minimum atomic E-state index is -0.388. The van der Waals surface area contributed by atoms with E-state index in [0.717, 1.165) is 24.0 Å². The van der Waals surface area contributed by atoms with E-state index in [1.165, 1.54) is 17.5 Å². The first-order valence-electron chi connectivity index (χ1n) is 9.42. The van der Waals surface area contributed by atoms with Crippen molar-refractivity contribution in [3.05, 3.63) is 70.8 Å². The molecule has 2 amide bonds. The zero-order chi connectivity index (χ0) is 17.9. The molecule has 4 rings (SSSR count). The number of carbonyl (C=O) groups is 2. The molecule has 0 spiro atoms. The molecular formula is C22H24N2O2. The van der Waals surface area contributed by atoms with Crippen LogP contribution in [0.1, 0.15) is 35.1 Å². The number of benzene rings is 2. The molecule has 0 saturated carbocycles. The normalized spacial score (nSPS) is 18.8. The third-order valence-corrected chi connectivity index (χ3v) is 5.38. The van der Waals surface area contributed by atoms with Crippen LogP contribution in [0.5, 0.6) is 0 Å². The number of hydrogen-bond donors (Lipinski definition) is 1. The Morgan fingerprint density at radius 3 is 2.69 bits per heavy atom. The molecule has 1 heterocycles. The minimum Gasteiger partial charge on any atom is -0.344 e. The van der Waals surface area contributed by atoms with Gasteiger partial charge in [0.1, 0.15) is 6.04 Å². The molecule has 0 bridgehead atoms. The van der Waals surface area contributed by atoms with Gasteiger partial charge < -0.3 is 10.2 Å². The summed E-state index contributed by atoms with van der Waals surface area (Å²) in [5.41, 5.74) is 4.94. The Balaban J connectivity index is 1.32. The lowest BCUT2D eigenvalue weighted by atomic mass is 10.0. The van der Waals surface area contributed by atoms with Crippen molar-refractivity contribution in [3.63, 3.8) is 0 Å². The quantitative estimate of drug-likeness (QED) is 0.903. The van der Waals surface area contributed by atoms with Crippen LogP contribution >= 0.6 is 0 Å². The average Bonchev–Trinajstić information content (AvgIpc) is 3.24. The van der Waals surface area contributed by atoms with Crippen molar-refractivity contribution in [2.75, 3.05) is 6.54 Å². The third-order valence-electron chi connectivity index (χ3n) is 5.38. The van der Waals surface area contributed by atoms with Gasteiger partial charge in [0.05, 0.1) is 6.42 Å². The number of nitrogens with one attached hydrogen (secondary N) is 1. The van der Waals surface area contributed by atoms with Gasteiger partial charge in [-0.3, -0.25) is 9.59 Å². The highest BCUT2D eigenvalue weighted by molar-refractivity contribution is 5.89. The van der Waals surface area contributed by atoms with E-state index in [4.69, 9.17) is 0 Å². The summed E-state index contributed by atoms with van der Waals surface area (Å²) in [6.07, 6.45) is 4.49. The summed E-state index contributed by atoms with van der Waals surface area (Å²) in [4.78, 5) is 26.8. The maximum atomic E-state index is 12.6. The second-order valence-corrected chi connectivity index (χ2v) is 7.29. The third kappa shape index (κ3) is 3.64. The van der Waals surface area contributed by atoms with Gasteiger partial charge in [-0.2, -0.15) is 0 Å². The predicted molar refractivity (Wildman–Crippen MR) is 101 cm³/mol. The van der Waals surface area contributed by atoms with Gasteiger partial charge in [0.2, 0.25) is 11.8 Å². The van der Waals surface area contributed by atoms with E-state index < -0.39 is 0 Å². The van der Waals surface area contributed by atoms with Crippen LogP contribution in [0.4, 0.5) is 0 Å². The minimum absolute atomic E-state index is 0.0242. The van der Waals surface area contributed by atoms with Crippen LogP contribution in [-0.2, 0) is 35.4 Å². The number of hydrogen-bond acceptors (Lipinski definition) is 2.